The molecule has 1 saturated heterocycles. The number of carbonyl (C=O) groups is 1. The number of benzene rings is 2. The molecule has 0 spiro atoms. The Bertz CT molecular complexity index is 1400. The van der Waals surface area contributed by atoms with Crippen molar-refractivity contribution >= 4 is 11.8 Å². The Morgan fingerprint density at radius 1 is 1.25 bits per heavy atom. The van der Waals surface area contributed by atoms with Gasteiger partial charge in [-0.25, -0.2) is 4.79 Å². The number of hydrogen-bond donors (Lipinski definition) is 2. The maximum absolute atomic E-state index is 12.4. The van der Waals surface area contributed by atoms with E-state index >= 15 is 0 Å². The van der Waals surface area contributed by atoms with E-state index in [1.54, 1.807) is 41.3 Å². The van der Waals surface area contributed by atoms with Gasteiger partial charge in [-0.05, 0) is 17.7 Å². The van der Waals surface area contributed by atoms with E-state index in [2.05, 4.69) is 16.3 Å². The Kier molecular flexibility index (Phi) is 5.97. The minimum Gasteiger partial charge on any atom is -0.420 e. The molecule has 5 rings (SSSR count). The molecule has 0 unspecified atom stereocenters. The summed E-state index contributed by atoms with van der Waals surface area (Å²) in [6, 6.07) is 14.8. The van der Waals surface area contributed by atoms with Crippen LogP contribution in [0.5, 0.6) is 11.6 Å². The summed E-state index contributed by atoms with van der Waals surface area (Å²) in [4.78, 5) is 24.8. The SMILES string of the molecule is N#CC1=C(N)Oc2n[nH]c(-c3cccc([N+](=O)[O-])c3)c2[C@H]1c1ccc(OC(=O)N2CCOCC2)cc1. The van der Waals surface area contributed by atoms with Crippen LogP contribution in [0.2, 0.25) is 0 Å². The molecule has 12 heteroatoms. The molecule has 36 heavy (non-hydrogen) atoms. The molecule has 3 N–H and O–H groups in total. The Morgan fingerprint density at radius 2 is 2.00 bits per heavy atom. The number of ether oxygens (including phenoxy) is 3. The number of rotatable bonds is 4. The van der Waals surface area contributed by atoms with Gasteiger partial charge in [-0.1, -0.05) is 24.3 Å². The summed E-state index contributed by atoms with van der Waals surface area (Å²) in [6.07, 6.45) is -0.468. The van der Waals surface area contributed by atoms with E-state index in [9.17, 15) is 20.2 Å². The fourth-order valence-corrected chi connectivity index (χ4v) is 4.21. The number of non-ortho nitro benzene ring substituents is 1. The third-order valence-electron chi connectivity index (χ3n) is 5.97. The van der Waals surface area contributed by atoms with Gasteiger partial charge in [0.25, 0.3) is 5.69 Å². The van der Waals surface area contributed by atoms with E-state index in [0.717, 1.165) is 0 Å². The molecule has 2 aromatic carbocycles. The van der Waals surface area contributed by atoms with Crippen LogP contribution in [-0.2, 0) is 4.74 Å². The van der Waals surface area contributed by atoms with Crippen molar-refractivity contribution in [1.82, 2.24) is 15.1 Å². The first-order valence-corrected chi connectivity index (χ1v) is 11.0. The average molecular weight is 488 g/mol. The summed E-state index contributed by atoms with van der Waals surface area (Å²) in [5.41, 5.74) is 8.24. The number of amides is 1. The fraction of sp³-hybridized carbons (Fsp3) is 0.208. The van der Waals surface area contributed by atoms with Crippen LogP contribution in [0, 0.1) is 21.4 Å². The number of allylic oxidation sites excluding steroid dienone is 1. The molecule has 12 nitrogen and oxygen atoms in total. The van der Waals surface area contributed by atoms with Crippen LogP contribution in [0.4, 0.5) is 10.5 Å². The van der Waals surface area contributed by atoms with E-state index in [0.29, 0.717) is 54.4 Å². The van der Waals surface area contributed by atoms with E-state index in [-0.39, 0.29) is 23.0 Å². The van der Waals surface area contributed by atoms with Crippen LogP contribution in [-0.4, -0.2) is 52.4 Å². The highest BCUT2D eigenvalue weighted by Gasteiger charge is 2.36. The van der Waals surface area contributed by atoms with Gasteiger partial charge < -0.3 is 24.8 Å². The number of aromatic nitrogens is 2. The van der Waals surface area contributed by atoms with Gasteiger partial charge >= 0.3 is 6.09 Å². The lowest BCUT2D eigenvalue weighted by atomic mass is 9.83. The molecule has 182 valence electrons. The minimum absolute atomic E-state index is 0.0880. The van der Waals surface area contributed by atoms with Crippen molar-refractivity contribution in [2.75, 3.05) is 26.3 Å². The molecule has 2 aliphatic heterocycles. The number of carbonyl (C=O) groups excluding carboxylic acids is 1. The predicted molar refractivity (Wildman–Crippen MR) is 125 cm³/mol. The second-order valence-electron chi connectivity index (χ2n) is 8.09. The summed E-state index contributed by atoms with van der Waals surface area (Å²) in [7, 11) is 0. The number of nitrogens with two attached hydrogens (primary N) is 1. The van der Waals surface area contributed by atoms with E-state index in [4.69, 9.17) is 19.9 Å². The standard InChI is InChI=1S/C24H20N6O6/c25-13-18-19(14-4-6-17(7-5-14)35-24(31)29-8-10-34-11-9-29)20-21(27-28-23(20)36-22(18)26)15-2-1-3-16(12-15)30(32)33/h1-7,12,19H,8-11,26H2,(H,27,28)/t19-/m0/s1. The number of H-pyrrole nitrogens is 1. The van der Waals surface area contributed by atoms with E-state index < -0.39 is 16.9 Å². The molecule has 3 aromatic rings. The van der Waals surface area contributed by atoms with Crippen LogP contribution in [0.1, 0.15) is 17.0 Å². The first-order valence-electron chi connectivity index (χ1n) is 11.0. The van der Waals surface area contributed by atoms with Crippen LogP contribution < -0.4 is 15.2 Å². The molecule has 0 radical (unpaired) electrons. The molecular formula is C24H20N6O6. The summed E-state index contributed by atoms with van der Waals surface area (Å²) < 4.78 is 16.3. The van der Waals surface area contributed by atoms with Crippen molar-refractivity contribution in [3.05, 3.63) is 81.2 Å². The zero-order chi connectivity index (χ0) is 25.2. The Morgan fingerprint density at radius 3 is 2.69 bits per heavy atom. The van der Waals surface area contributed by atoms with E-state index in [1.165, 1.54) is 12.1 Å². The molecule has 1 aromatic heterocycles. The molecule has 0 bridgehead atoms. The van der Waals surface area contributed by atoms with Gasteiger partial charge in [-0.2, -0.15) is 5.26 Å². The second kappa shape index (κ2) is 9.40. The van der Waals surface area contributed by atoms with Crippen molar-refractivity contribution in [3.63, 3.8) is 0 Å². The third-order valence-corrected chi connectivity index (χ3v) is 5.97. The maximum atomic E-state index is 12.4. The van der Waals surface area contributed by atoms with Gasteiger partial charge in [-0.3, -0.25) is 15.2 Å². The average Bonchev–Trinajstić information content (AvgIpc) is 3.32. The monoisotopic (exact) mass is 488 g/mol. The summed E-state index contributed by atoms with van der Waals surface area (Å²) in [6.45, 7) is 1.83. The normalized spacial score (nSPS) is 17.1. The van der Waals surface area contributed by atoms with Gasteiger partial charge in [0.2, 0.25) is 11.8 Å². The fourth-order valence-electron chi connectivity index (χ4n) is 4.21. The highest BCUT2D eigenvalue weighted by Crippen LogP contribution is 2.46. The lowest BCUT2D eigenvalue weighted by molar-refractivity contribution is -0.384. The van der Waals surface area contributed by atoms with Crippen LogP contribution in [0.3, 0.4) is 0 Å². The maximum Gasteiger partial charge on any atom is 0.415 e. The quantitative estimate of drug-likeness (QED) is 0.414. The molecule has 0 saturated carbocycles. The highest BCUT2D eigenvalue weighted by atomic mass is 16.6. The molecule has 1 atom stereocenters. The number of fused-ring (bicyclic) bond motifs is 1. The Hall–Kier alpha value is -4.89. The van der Waals surface area contributed by atoms with Gasteiger partial charge in [0, 0.05) is 30.8 Å². The smallest absolute Gasteiger partial charge is 0.415 e. The first kappa shape index (κ1) is 22.9. The number of aromatic amines is 1. The zero-order valence-electron chi connectivity index (χ0n) is 18.8. The largest absolute Gasteiger partial charge is 0.420 e. The van der Waals surface area contributed by atoms with Crippen molar-refractivity contribution in [3.8, 4) is 29.0 Å². The summed E-state index contributed by atoms with van der Waals surface area (Å²) >= 11 is 0. The number of morpholine rings is 1. The molecular weight excluding hydrogens is 468 g/mol. The number of hydrogen-bond acceptors (Lipinski definition) is 9. The molecule has 1 fully saturated rings. The van der Waals surface area contributed by atoms with Crippen molar-refractivity contribution in [2.24, 2.45) is 5.73 Å². The second-order valence-corrected chi connectivity index (χ2v) is 8.09. The van der Waals surface area contributed by atoms with Crippen LogP contribution >= 0.6 is 0 Å². The van der Waals surface area contributed by atoms with E-state index in [1.807, 2.05) is 0 Å². The molecule has 2 aliphatic rings. The van der Waals surface area contributed by atoms with Crippen molar-refractivity contribution in [1.29, 1.82) is 5.26 Å². The Labute approximate surface area is 204 Å². The molecule has 1 amide bonds. The minimum atomic E-state index is -0.671. The summed E-state index contributed by atoms with van der Waals surface area (Å²) in [5, 5.41) is 28.2. The number of nitro benzene ring substituents is 1. The van der Waals surface area contributed by atoms with Crippen LogP contribution in [0.15, 0.2) is 60.0 Å². The highest BCUT2D eigenvalue weighted by molar-refractivity contribution is 5.73. The van der Waals surface area contributed by atoms with Gasteiger partial charge in [0.15, 0.2) is 0 Å². The van der Waals surface area contributed by atoms with Gasteiger partial charge in [-0.15, -0.1) is 5.10 Å². The molecule has 3 heterocycles. The van der Waals surface area contributed by atoms with Crippen LogP contribution in [0.25, 0.3) is 11.3 Å². The number of nitro groups is 1. The lowest BCUT2D eigenvalue weighted by Gasteiger charge is -2.26. The topological polar surface area (TPSA) is 170 Å². The Balaban J connectivity index is 1.50. The number of nitriles is 1. The summed E-state index contributed by atoms with van der Waals surface area (Å²) in [5.74, 6) is -0.254. The van der Waals surface area contributed by atoms with Crippen molar-refractivity contribution in [2.45, 2.75) is 5.92 Å². The number of nitrogens with one attached hydrogen (secondary N) is 1. The van der Waals surface area contributed by atoms with Gasteiger partial charge in [0.05, 0.1) is 35.3 Å². The first-order chi connectivity index (χ1) is 17.5. The molecule has 0 aliphatic carbocycles. The third kappa shape index (κ3) is 4.19. The lowest BCUT2D eigenvalue weighted by Crippen LogP contribution is -2.42. The predicted octanol–water partition coefficient (Wildman–Crippen LogP) is 3.03. The van der Waals surface area contributed by atoms with Gasteiger partial charge in [0.1, 0.15) is 17.4 Å². The van der Waals surface area contributed by atoms with Crippen molar-refractivity contribution < 1.29 is 23.9 Å². The zero-order valence-corrected chi connectivity index (χ0v) is 18.8. The number of nitrogens with zero attached hydrogens (tertiary/aromatic N) is 4.